The van der Waals surface area contributed by atoms with Gasteiger partial charge in [0.25, 0.3) is 0 Å². The molecule has 0 aromatic rings. The van der Waals surface area contributed by atoms with Gasteiger partial charge in [-0.15, -0.1) is 0 Å². The predicted molar refractivity (Wildman–Crippen MR) is 70.0 cm³/mol. The lowest BCUT2D eigenvalue weighted by atomic mass is 9.71. The van der Waals surface area contributed by atoms with Gasteiger partial charge < -0.3 is 0 Å². The molecule has 0 N–H and O–H groups in total. The highest BCUT2D eigenvalue weighted by molar-refractivity contribution is 5.00. The summed E-state index contributed by atoms with van der Waals surface area (Å²) < 4.78 is 0. The summed E-state index contributed by atoms with van der Waals surface area (Å²) in [5, 5.41) is 0. The topological polar surface area (TPSA) is 6.48 Å². The van der Waals surface area contributed by atoms with Crippen LogP contribution in [0, 0.1) is 11.8 Å². The second-order valence-corrected chi connectivity index (χ2v) is 6.87. The monoisotopic (exact) mass is 234 g/mol. The highest BCUT2D eigenvalue weighted by Crippen LogP contribution is 2.42. The van der Waals surface area contributed by atoms with Crippen molar-refractivity contribution < 1.29 is 0 Å². The summed E-state index contributed by atoms with van der Waals surface area (Å²) in [6.45, 7) is 5.68. The first-order chi connectivity index (χ1) is 8.42. The molecule has 0 aliphatic carbocycles. The number of rotatable bonds is 0. The second-order valence-electron chi connectivity index (χ2n) is 6.87. The zero-order valence-electron chi connectivity index (χ0n) is 11.0. The molecular formula is C15H26N2. The maximum atomic E-state index is 2.87. The van der Waals surface area contributed by atoms with Crippen LogP contribution in [-0.4, -0.2) is 48.1 Å². The molecule has 4 fully saturated rings. The molecule has 96 valence electrons. The largest absolute Gasteiger partial charge is 0.300 e. The summed E-state index contributed by atoms with van der Waals surface area (Å²) in [5.41, 5.74) is 0. The average molecular weight is 234 g/mol. The Morgan fingerprint density at radius 1 is 0.647 bits per heavy atom. The first kappa shape index (κ1) is 10.8. The Kier molecular flexibility index (Phi) is 2.69. The molecule has 2 nitrogen and oxygen atoms in total. The molecule has 0 radical (unpaired) electrons. The fourth-order valence-corrected chi connectivity index (χ4v) is 5.25. The van der Waals surface area contributed by atoms with Crippen LogP contribution in [-0.2, 0) is 0 Å². The lowest BCUT2D eigenvalue weighted by Gasteiger charge is -2.57. The first-order valence-corrected chi connectivity index (χ1v) is 7.90. The van der Waals surface area contributed by atoms with E-state index in [1.807, 2.05) is 0 Å². The number of hydrogen-bond donors (Lipinski definition) is 0. The minimum Gasteiger partial charge on any atom is -0.300 e. The lowest BCUT2D eigenvalue weighted by molar-refractivity contribution is -0.0718. The maximum absolute atomic E-state index is 2.87. The van der Waals surface area contributed by atoms with Crippen molar-refractivity contribution in [1.82, 2.24) is 9.80 Å². The van der Waals surface area contributed by atoms with Gasteiger partial charge >= 0.3 is 0 Å². The van der Waals surface area contributed by atoms with Gasteiger partial charge in [0, 0.05) is 25.2 Å². The molecule has 0 saturated carbocycles. The van der Waals surface area contributed by atoms with Crippen molar-refractivity contribution in [3.05, 3.63) is 0 Å². The Morgan fingerprint density at radius 3 is 1.71 bits per heavy atom. The minimum atomic E-state index is 0.961. The molecule has 4 saturated heterocycles. The van der Waals surface area contributed by atoms with Crippen LogP contribution in [0.2, 0.25) is 0 Å². The van der Waals surface area contributed by atoms with Crippen molar-refractivity contribution in [2.24, 2.45) is 11.8 Å². The molecule has 0 aromatic carbocycles. The smallest absolute Gasteiger partial charge is 0.0136 e. The van der Waals surface area contributed by atoms with Gasteiger partial charge in [-0.25, -0.2) is 0 Å². The Labute approximate surface area is 105 Å². The summed E-state index contributed by atoms with van der Waals surface area (Å²) in [5.74, 6) is 2.03. The van der Waals surface area contributed by atoms with E-state index in [1.165, 1.54) is 64.7 Å². The normalized spacial score (nSPS) is 47.3. The molecule has 3 unspecified atom stereocenters. The fourth-order valence-electron chi connectivity index (χ4n) is 5.25. The molecule has 0 amide bonds. The molecular weight excluding hydrogens is 208 g/mol. The lowest BCUT2D eigenvalue weighted by Crippen LogP contribution is -2.63. The molecule has 2 bridgehead atoms. The number of piperidine rings is 4. The van der Waals surface area contributed by atoms with Crippen LogP contribution in [0.15, 0.2) is 0 Å². The third-order valence-electron chi connectivity index (χ3n) is 5.96. The number of hydrogen-bond acceptors (Lipinski definition) is 2. The standard InChI is InChI=1S/C15H26N2/c1-3-7-16-11-13-9-12(14(16)5-1)10-17-8-4-2-6-15(13)17/h12-15H,1-11H2/t12-,13?,14?,15?/m1/s1. The molecule has 17 heavy (non-hydrogen) atoms. The Bertz CT molecular complexity index is 263. The van der Waals surface area contributed by atoms with E-state index in [9.17, 15) is 0 Å². The van der Waals surface area contributed by atoms with Crippen molar-refractivity contribution in [3.63, 3.8) is 0 Å². The van der Waals surface area contributed by atoms with E-state index in [-0.39, 0.29) is 0 Å². The van der Waals surface area contributed by atoms with Gasteiger partial charge in [-0.2, -0.15) is 0 Å². The zero-order chi connectivity index (χ0) is 11.2. The van der Waals surface area contributed by atoms with E-state index in [4.69, 9.17) is 0 Å². The average Bonchev–Trinajstić information content (AvgIpc) is 2.39. The van der Waals surface area contributed by atoms with Crippen molar-refractivity contribution in [1.29, 1.82) is 0 Å². The highest BCUT2D eigenvalue weighted by Gasteiger charge is 2.46. The van der Waals surface area contributed by atoms with Crippen LogP contribution < -0.4 is 0 Å². The molecule has 4 heterocycles. The Balaban J connectivity index is 1.56. The van der Waals surface area contributed by atoms with E-state index in [2.05, 4.69) is 9.80 Å². The Morgan fingerprint density at radius 2 is 1.18 bits per heavy atom. The van der Waals surface area contributed by atoms with E-state index in [0.29, 0.717) is 0 Å². The fraction of sp³-hybridized carbons (Fsp3) is 1.00. The minimum absolute atomic E-state index is 0.961. The molecule has 0 spiro atoms. The maximum Gasteiger partial charge on any atom is 0.0136 e. The van der Waals surface area contributed by atoms with E-state index in [1.54, 1.807) is 6.42 Å². The van der Waals surface area contributed by atoms with Gasteiger partial charge in [0.05, 0.1) is 0 Å². The van der Waals surface area contributed by atoms with Crippen LogP contribution >= 0.6 is 0 Å². The quantitative estimate of drug-likeness (QED) is 0.635. The van der Waals surface area contributed by atoms with Crippen molar-refractivity contribution in [2.75, 3.05) is 26.2 Å². The van der Waals surface area contributed by atoms with Gasteiger partial charge in [0.15, 0.2) is 0 Å². The summed E-state index contributed by atoms with van der Waals surface area (Å²) in [4.78, 5) is 5.74. The predicted octanol–water partition coefficient (Wildman–Crippen LogP) is 2.35. The molecule has 2 heteroatoms. The summed E-state index contributed by atoms with van der Waals surface area (Å²) in [6.07, 6.45) is 10.5. The van der Waals surface area contributed by atoms with Crippen LogP contribution in [0.1, 0.15) is 44.9 Å². The second kappa shape index (κ2) is 4.24. The highest BCUT2D eigenvalue weighted by atomic mass is 15.3. The van der Waals surface area contributed by atoms with Crippen molar-refractivity contribution >= 4 is 0 Å². The van der Waals surface area contributed by atoms with Gasteiger partial charge in [0.1, 0.15) is 0 Å². The summed E-state index contributed by atoms with van der Waals surface area (Å²) in [7, 11) is 0. The summed E-state index contributed by atoms with van der Waals surface area (Å²) >= 11 is 0. The number of fused-ring (bicyclic) bond motifs is 6. The van der Waals surface area contributed by atoms with Gasteiger partial charge in [-0.1, -0.05) is 12.8 Å². The van der Waals surface area contributed by atoms with Crippen molar-refractivity contribution in [3.8, 4) is 0 Å². The van der Waals surface area contributed by atoms with Crippen LogP contribution in [0.4, 0.5) is 0 Å². The first-order valence-electron chi connectivity index (χ1n) is 7.90. The zero-order valence-corrected chi connectivity index (χ0v) is 11.0. The molecule has 0 aromatic heterocycles. The van der Waals surface area contributed by atoms with Crippen LogP contribution in [0.5, 0.6) is 0 Å². The van der Waals surface area contributed by atoms with Gasteiger partial charge in [-0.05, 0) is 57.0 Å². The Hall–Kier alpha value is -0.0800. The van der Waals surface area contributed by atoms with Crippen LogP contribution in [0.3, 0.4) is 0 Å². The molecule has 4 aliphatic rings. The van der Waals surface area contributed by atoms with Crippen molar-refractivity contribution in [2.45, 2.75) is 57.0 Å². The van der Waals surface area contributed by atoms with E-state index < -0.39 is 0 Å². The van der Waals surface area contributed by atoms with Gasteiger partial charge in [-0.3, -0.25) is 9.80 Å². The van der Waals surface area contributed by atoms with E-state index in [0.717, 1.165) is 23.9 Å². The summed E-state index contributed by atoms with van der Waals surface area (Å²) in [6, 6.07) is 1.92. The van der Waals surface area contributed by atoms with Crippen LogP contribution in [0.25, 0.3) is 0 Å². The molecule has 4 aliphatic heterocycles. The molecule has 4 atom stereocenters. The van der Waals surface area contributed by atoms with Gasteiger partial charge in [0.2, 0.25) is 0 Å². The third-order valence-corrected chi connectivity index (χ3v) is 5.96. The SMILES string of the molecule is C1CCN2C[C@H]3CC(CN4CCCCC34)C2C1. The van der Waals surface area contributed by atoms with E-state index >= 15 is 0 Å². The molecule has 4 rings (SSSR count). The third kappa shape index (κ3) is 1.76. The number of nitrogens with zero attached hydrogens (tertiary/aromatic N) is 2.